The van der Waals surface area contributed by atoms with Gasteiger partial charge in [-0.05, 0) is 18.2 Å². The summed E-state index contributed by atoms with van der Waals surface area (Å²) in [5.41, 5.74) is 0.726. The maximum Gasteiger partial charge on any atom is 0.270 e. The van der Waals surface area contributed by atoms with E-state index in [4.69, 9.17) is 16.1 Å². The molecule has 1 saturated heterocycles. The predicted molar refractivity (Wildman–Crippen MR) is 108 cm³/mol. The second-order valence-electron chi connectivity index (χ2n) is 6.74. The number of nitro benzene ring substituents is 1. The maximum atomic E-state index is 12.8. The zero-order valence-electron chi connectivity index (χ0n) is 16.0. The zero-order chi connectivity index (χ0) is 21.3. The van der Waals surface area contributed by atoms with E-state index in [1.165, 1.54) is 18.2 Å². The molecule has 1 aromatic carbocycles. The first kappa shape index (κ1) is 19.8. The van der Waals surface area contributed by atoms with Gasteiger partial charge >= 0.3 is 0 Å². The molecule has 0 spiro atoms. The van der Waals surface area contributed by atoms with Gasteiger partial charge in [-0.25, -0.2) is 4.98 Å². The van der Waals surface area contributed by atoms with E-state index >= 15 is 0 Å². The number of benzene rings is 1. The average Bonchev–Trinajstić information content (AvgIpc) is 3.20. The van der Waals surface area contributed by atoms with Crippen LogP contribution in [0.15, 0.2) is 41.1 Å². The van der Waals surface area contributed by atoms with Crippen molar-refractivity contribution >= 4 is 29.0 Å². The topological polar surface area (TPSA) is 118 Å². The number of aromatic nitrogens is 3. The number of aryl methyl sites for hydroxylation is 1. The van der Waals surface area contributed by atoms with E-state index in [1.54, 1.807) is 18.0 Å². The minimum Gasteiger partial charge on any atom is -0.353 e. The maximum absolute atomic E-state index is 12.8. The van der Waals surface area contributed by atoms with Gasteiger partial charge in [-0.15, -0.1) is 0 Å². The number of hydrogen-bond acceptors (Lipinski definition) is 8. The minimum atomic E-state index is -0.545. The van der Waals surface area contributed by atoms with Crippen molar-refractivity contribution in [2.75, 3.05) is 31.1 Å². The second-order valence-corrected chi connectivity index (χ2v) is 7.15. The zero-order valence-corrected chi connectivity index (χ0v) is 16.7. The van der Waals surface area contributed by atoms with Crippen molar-refractivity contribution in [2.45, 2.75) is 6.92 Å². The van der Waals surface area contributed by atoms with Crippen molar-refractivity contribution in [3.8, 4) is 11.4 Å². The molecule has 0 atom stereocenters. The SMILES string of the molecule is Cc1nc(-c2ccc(N3CCN(C(=O)c4cc([N+](=O)[O-])ccc4Cl)CC3)nc2)no1. The summed E-state index contributed by atoms with van der Waals surface area (Å²) in [6.07, 6.45) is 1.68. The molecule has 0 saturated carbocycles. The molecule has 0 N–H and O–H groups in total. The summed E-state index contributed by atoms with van der Waals surface area (Å²) in [5.74, 6) is 1.42. The Kier molecular flexibility index (Phi) is 5.32. The molecule has 1 aliphatic heterocycles. The summed E-state index contributed by atoms with van der Waals surface area (Å²) in [7, 11) is 0. The molecule has 0 unspecified atom stereocenters. The molecule has 4 rings (SSSR count). The summed E-state index contributed by atoms with van der Waals surface area (Å²) < 4.78 is 4.98. The van der Waals surface area contributed by atoms with E-state index in [1.807, 2.05) is 12.1 Å². The van der Waals surface area contributed by atoms with Crippen LogP contribution in [0.1, 0.15) is 16.2 Å². The van der Waals surface area contributed by atoms with Crippen molar-refractivity contribution < 1.29 is 14.2 Å². The lowest BCUT2D eigenvalue weighted by Crippen LogP contribution is -2.49. The molecular weight excluding hydrogens is 412 g/mol. The third kappa shape index (κ3) is 3.94. The number of amides is 1. The van der Waals surface area contributed by atoms with Crippen LogP contribution in [-0.4, -0.2) is 57.0 Å². The molecule has 3 heterocycles. The Morgan fingerprint density at radius 1 is 1.20 bits per heavy atom. The van der Waals surface area contributed by atoms with Crippen LogP contribution >= 0.6 is 11.6 Å². The van der Waals surface area contributed by atoms with Crippen LogP contribution in [-0.2, 0) is 0 Å². The molecule has 30 heavy (non-hydrogen) atoms. The fraction of sp³-hybridized carbons (Fsp3) is 0.263. The minimum absolute atomic E-state index is 0.136. The van der Waals surface area contributed by atoms with Crippen LogP contribution in [0.3, 0.4) is 0 Å². The molecule has 154 valence electrons. The molecule has 3 aromatic rings. The van der Waals surface area contributed by atoms with E-state index in [-0.39, 0.29) is 22.2 Å². The highest BCUT2D eigenvalue weighted by Gasteiger charge is 2.25. The normalized spacial score (nSPS) is 14.1. The number of nitro groups is 1. The third-order valence-electron chi connectivity index (χ3n) is 4.82. The Hall–Kier alpha value is -3.53. The lowest BCUT2D eigenvalue weighted by molar-refractivity contribution is -0.384. The number of halogens is 1. The summed E-state index contributed by atoms with van der Waals surface area (Å²) in [6.45, 7) is 3.77. The van der Waals surface area contributed by atoms with Gasteiger partial charge in [-0.2, -0.15) is 4.98 Å². The fourth-order valence-corrected chi connectivity index (χ4v) is 3.42. The molecule has 2 aromatic heterocycles. The van der Waals surface area contributed by atoms with Crippen molar-refractivity contribution in [1.29, 1.82) is 0 Å². The number of nitrogens with zero attached hydrogens (tertiary/aromatic N) is 6. The van der Waals surface area contributed by atoms with Gasteiger partial charge in [-0.3, -0.25) is 14.9 Å². The van der Waals surface area contributed by atoms with E-state index in [0.29, 0.717) is 37.9 Å². The number of hydrogen-bond donors (Lipinski definition) is 0. The van der Waals surface area contributed by atoms with Crippen molar-refractivity contribution in [2.24, 2.45) is 0 Å². The van der Waals surface area contributed by atoms with Gasteiger partial charge in [0.25, 0.3) is 11.6 Å². The Labute approximate surface area is 176 Å². The molecular formula is C19H17ClN6O4. The van der Waals surface area contributed by atoms with Gasteiger partial charge in [0.05, 0.1) is 15.5 Å². The first-order valence-corrected chi connectivity index (χ1v) is 9.55. The molecule has 1 amide bonds. The van der Waals surface area contributed by atoms with Crippen LogP contribution < -0.4 is 4.90 Å². The third-order valence-corrected chi connectivity index (χ3v) is 5.15. The number of carbonyl (C=O) groups excluding carboxylic acids is 1. The van der Waals surface area contributed by atoms with Crippen LogP contribution in [0.4, 0.5) is 11.5 Å². The monoisotopic (exact) mass is 428 g/mol. The second kappa shape index (κ2) is 8.07. The van der Waals surface area contributed by atoms with Gasteiger partial charge in [0, 0.05) is 57.0 Å². The molecule has 1 aliphatic rings. The molecule has 0 radical (unpaired) electrons. The van der Waals surface area contributed by atoms with E-state index in [0.717, 1.165) is 11.4 Å². The average molecular weight is 429 g/mol. The molecule has 11 heteroatoms. The smallest absolute Gasteiger partial charge is 0.270 e. The molecule has 0 bridgehead atoms. The van der Waals surface area contributed by atoms with Gasteiger partial charge in [-0.1, -0.05) is 16.8 Å². The van der Waals surface area contributed by atoms with E-state index < -0.39 is 4.92 Å². The Morgan fingerprint density at radius 2 is 1.97 bits per heavy atom. The predicted octanol–water partition coefficient (Wildman–Crippen LogP) is 2.96. The fourth-order valence-electron chi connectivity index (χ4n) is 3.22. The quantitative estimate of drug-likeness (QED) is 0.459. The Bertz CT molecular complexity index is 1090. The van der Waals surface area contributed by atoms with Gasteiger partial charge < -0.3 is 14.3 Å². The van der Waals surface area contributed by atoms with Crippen LogP contribution in [0.5, 0.6) is 0 Å². The van der Waals surface area contributed by atoms with Crippen LogP contribution in [0.25, 0.3) is 11.4 Å². The van der Waals surface area contributed by atoms with Crippen molar-refractivity contribution in [3.63, 3.8) is 0 Å². The highest BCUT2D eigenvalue weighted by atomic mass is 35.5. The van der Waals surface area contributed by atoms with Crippen molar-refractivity contribution in [1.82, 2.24) is 20.0 Å². The summed E-state index contributed by atoms with van der Waals surface area (Å²) in [4.78, 5) is 35.6. The van der Waals surface area contributed by atoms with Crippen LogP contribution in [0.2, 0.25) is 5.02 Å². The first-order chi connectivity index (χ1) is 14.4. The number of carbonyl (C=O) groups is 1. The van der Waals surface area contributed by atoms with E-state index in [9.17, 15) is 14.9 Å². The van der Waals surface area contributed by atoms with Gasteiger partial charge in [0.2, 0.25) is 11.7 Å². The first-order valence-electron chi connectivity index (χ1n) is 9.17. The number of rotatable bonds is 4. The standard InChI is InChI=1S/C19H17ClN6O4/c1-12-22-18(23-30-12)13-2-5-17(21-11-13)24-6-8-25(9-7-24)19(27)15-10-14(26(28)29)3-4-16(15)20/h2-5,10-11H,6-9H2,1H3. The summed E-state index contributed by atoms with van der Waals surface area (Å²) >= 11 is 6.10. The van der Waals surface area contributed by atoms with E-state index in [2.05, 4.69) is 20.0 Å². The highest BCUT2D eigenvalue weighted by molar-refractivity contribution is 6.33. The number of piperazine rings is 1. The summed E-state index contributed by atoms with van der Waals surface area (Å²) in [6, 6.07) is 7.61. The van der Waals surface area contributed by atoms with Gasteiger partial charge in [0.1, 0.15) is 5.82 Å². The Morgan fingerprint density at radius 3 is 2.57 bits per heavy atom. The molecule has 0 aliphatic carbocycles. The number of non-ortho nitro benzene ring substituents is 1. The number of pyridine rings is 1. The van der Waals surface area contributed by atoms with Gasteiger partial charge in [0.15, 0.2) is 0 Å². The summed E-state index contributed by atoms with van der Waals surface area (Å²) in [5, 5.41) is 15.1. The largest absolute Gasteiger partial charge is 0.353 e. The Balaban J connectivity index is 1.42. The number of anilines is 1. The van der Waals surface area contributed by atoms with Crippen molar-refractivity contribution in [3.05, 3.63) is 63.1 Å². The molecule has 10 nitrogen and oxygen atoms in total. The highest BCUT2D eigenvalue weighted by Crippen LogP contribution is 2.25. The van der Waals surface area contributed by atoms with Crippen LogP contribution in [0, 0.1) is 17.0 Å². The lowest BCUT2D eigenvalue weighted by Gasteiger charge is -2.35. The lowest BCUT2D eigenvalue weighted by atomic mass is 10.1. The molecule has 1 fully saturated rings.